The Morgan fingerprint density at radius 3 is 2.81 bits per heavy atom. The Hall–Kier alpha value is -2.89. The van der Waals surface area contributed by atoms with E-state index < -0.39 is 5.97 Å². The Balaban J connectivity index is 2.15. The number of carboxylic acids is 1. The van der Waals surface area contributed by atoms with Crippen LogP contribution >= 0.6 is 0 Å². The molecule has 6 heteroatoms. The standard InChI is InChI=1S/C15H11FN2O3/c16-11-3-1-2-9(4-11)8-18-13(15(20)21)6-10-5-12(19)7-17-14(10)18/h1-7,19H,8H2,(H,20,21). The fraction of sp³-hybridized carbons (Fsp3) is 0.0667. The first kappa shape index (κ1) is 13.1. The molecular formula is C15H11FN2O3. The molecule has 0 fully saturated rings. The highest BCUT2D eigenvalue weighted by molar-refractivity contribution is 5.93. The zero-order valence-corrected chi connectivity index (χ0v) is 10.8. The molecule has 0 aliphatic rings. The van der Waals surface area contributed by atoms with E-state index in [-0.39, 0.29) is 23.8 Å². The molecule has 0 unspecified atom stereocenters. The molecule has 3 rings (SSSR count). The highest BCUT2D eigenvalue weighted by Gasteiger charge is 2.16. The molecule has 0 atom stereocenters. The Labute approximate surface area is 118 Å². The van der Waals surface area contributed by atoms with Crippen LogP contribution in [0.5, 0.6) is 5.75 Å². The van der Waals surface area contributed by atoms with Gasteiger partial charge in [-0.3, -0.25) is 0 Å². The number of hydrogen-bond acceptors (Lipinski definition) is 3. The van der Waals surface area contributed by atoms with Gasteiger partial charge in [-0.05, 0) is 29.8 Å². The number of aromatic hydroxyl groups is 1. The van der Waals surface area contributed by atoms with E-state index >= 15 is 0 Å². The van der Waals surface area contributed by atoms with Gasteiger partial charge in [0.15, 0.2) is 0 Å². The molecule has 0 amide bonds. The summed E-state index contributed by atoms with van der Waals surface area (Å²) in [6.45, 7) is 0.181. The van der Waals surface area contributed by atoms with E-state index in [9.17, 15) is 19.4 Å². The highest BCUT2D eigenvalue weighted by atomic mass is 19.1. The van der Waals surface area contributed by atoms with Crippen molar-refractivity contribution in [2.75, 3.05) is 0 Å². The average molecular weight is 286 g/mol. The van der Waals surface area contributed by atoms with Crippen LogP contribution in [0, 0.1) is 5.82 Å². The summed E-state index contributed by atoms with van der Waals surface area (Å²) in [4.78, 5) is 15.4. The maximum Gasteiger partial charge on any atom is 0.352 e. The zero-order valence-electron chi connectivity index (χ0n) is 10.8. The summed E-state index contributed by atoms with van der Waals surface area (Å²) in [6.07, 6.45) is 1.25. The van der Waals surface area contributed by atoms with Crippen molar-refractivity contribution >= 4 is 17.0 Å². The molecular weight excluding hydrogens is 275 g/mol. The van der Waals surface area contributed by atoms with Crippen LogP contribution in [0.4, 0.5) is 4.39 Å². The third kappa shape index (κ3) is 2.43. The molecule has 106 valence electrons. The second-order valence-electron chi connectivity index (χ2n) is 4.66. The van der Waals surface area contributed by atoms with E-state index in [4.69, 9.17) is 0 Å². The first-order valence-corrected chi connectivity index (χ1v) is 6.20. The lowest BCUT2D eigenvalue weighted by Gasteiger charge is -2.08. The van der Waals surface area contributed by atoms with E-state index in [1.165, 1.54) is 35.0 Å². The van der Waals surface area contributed by atoms with Crippen LogP contribution in [0.3, 0.4) is 0 Å². The minimum absolute atomic E-state index is 0.0346. The van der Waals surface area contributed by atoms with Crippen molar-refractivity contribution < 1.29 is 19.4 Å². The summed E-state index contributed by atoms with van der Waals surface area (Å²) in [5.41, 5.74) is 1.09. The lowest BCUT2D eigenvalue weighted by Crippen LogP contribution is -2.10. The summed E-state index contributed by atoms with van der Waals surface area (Å²) in [5.74, 6) is -1.53. The van der Waals surface area contributed by atoms with Crippen molar-refractivity contribution in [3.05, 3.63) is 59.7 Å². The molecule has 2 heterocycles. The molecule has 5 nitrogen and oxygen atoms in total. The summed E-state index contributed by atoms with van der Waals surface area (Å²) in [6, 6.07) is 8.82. The Kier molecular flexibility index (Phi) is 3.06. The second-order valence-corrected chi connectivity index (χ2v) is 4.66. The van der Waals surface area contributed by atoms with Gasteiger partial charge < -0.3 is 14.8 Å². The van der Waals surface area contributed by atoms with Crippen molar-refractivity contribution in [1.82, 2.24) is 9.55 Å². The molecule has 0 aliphatic heterocycles. The number of fused-ring (bicyclic) bond motifs is 1. The van der Waals surface area contributed by atoms with Gasteiger partial charge in [0.1, 0.15) is 22.9 Å². The molecule has 0 bridgehead atoms. The fourth-order valence-corrected chi connectivity index (χ4v) is 2.29. The third-order valence-corrected chi connectivity index (χ3v) is 3.17. The number of hydrogen-bond donors (Lipinski definition) is 2. The van der Waals surface area contributed by atoms with Gasteiger partial charge in [0.25, 0.3) is 0 Å². The van der Waals surface area contributed by atoms with Gasteiger partial charge in [0.05, 0.1) is 6.20 Å². The van der Waals surface area contributed by atoms with E-state index in [1.807, 2.05) is 0 Å². The number of carbonyl (C=O) groups is 1. The Bertz CT molecular complexity index is 842. The topological polar surface area (TPSA) is 75.3 Å². The Morgan fingerprint density at radius 2 is 2.10 bits per heavy atom. The minimum atomic E-state index is -1.11. The SMILES string of the molecule is O=C(O)c1cc2cc(O)cnc2n1Cc1cccc(F)c1. The smallest absolute Gasteiger partial charge is 0.352 e. The number of carboxylic acid groups (broad SMARTS) is 1. The van der Waals surface area contributed by atoms with Crippen LogP contribution in [-0.4, -0.2) is 25.7 Å². The summed E-state index contributed by atoms with van der Waals surface area (Å²) in [7, 11) is 0. The van der Waals surface area contributed by atoms with Gasteiger partial charge >= 0.3 is 5.97 Å². The number of benzene rings is 1. The number of rotatable bonds is 3. The number of pyridine rings is 1. The lowest BCUT2D eigenvalue weighted by molar-refractivity contribution is 0.0686. The molecule has 0 aliphatic carbocycles. The molecule has 0 saturated heterocycles. The van der Waals surface area contributed by atoms with Crippen LogP contribution < -0.4 is 0 Å². The number of aromatic carboxylic acids is 1. The van der Waals surface area contributed by atoms with Gasteiger partial charge in [0.2, 0.25) is 0 Å². The fourth-order valence-electron chi connectivity index (χ4n) is 2.29. The maximum atomic E-state index is 13.2. The van der Waals surface area contributed by atoms with Crippen LogP contribution in [0.2, 0.25) is 0 Å². The largest absolute Gasteiger partial charge is 0.506 e. The predicted molar refractivity (Wildman–Crippen MR) is 73.9 cm³/mol. The van der Waals surface area contributed by atoms with Crippen molar-refractivity contribution in [2.45, 2.75) is 6.54 Å². The number of halogens is 1. The monoisotopic (exact) mass is 286 g/mol. The number of nitrogens with zero attached hydrogens (tertiary/aromatic N) is 2. The summed E-state index contributed by atoms with van der Waals surface area (Å²) >= 11 is 0. The van der Waals surface area contributed by atoms with Crippen LogP contribution in [0.1, 0.15) is 16.1 Å². The maximum absolute atomic E-state index is 13.2. The lowest BCUT2D eigenvalue weighted by atomic mass is 10.2. The highest BCUT2D eigenvalue weighted by Crippen LogP contribution is 2.23. The molecule has 0 spiro atoms. The van der Waals surface area contributed by atoms with E-state index in [0.29, 0.717) is 16.6 Å². The summed E-state index contributed by atoms with van der Waals surface area (Å²) < 4.78 is 14.7. The average Bonchev–Trinajstić information content (AvgIpc) is 2.77. The van der Waals surface area contributed by atoms with E-state index in [0.717, 1.165) is 0 Å². The van der Waals surface area contributed by atoms with Crippen molar-refractivity contribution in [3.8, 4) is 5.75 Å². The molecule has 3 aromatic rings. The molecule has 0 saturated carbocycles. The summed E-state index contributed by atoms with van der Waals surface area (Å²) in [5, 5.41) is 19.2. The molecule has 21 heavy (non-hydrogen) atoms. The van der Waals surface area contributed by atoms with E-state index in [1.54, 1.807) is 12.1 Å². The van der Waals surface area contributed by atoms with Crippen molar-refractivity contribution in [3.63, 3.8) is 0 Å². The molecule has 2 N–H and O–H groups in total. The first-order valence-electron chi connectivity index (χ1n) is 6.20. The van der Waals surface area contributed by atoms with Gasteiger partial charge in [-0.15, -0.1) is 0 Å². The minimum Gasteiger partial charge on any atom is -0.506 e. The van der Waals surface area contributed by atoms with Crippen LogP contribution in [-0.2, 0) is 6.54 Å². The van der Waals surface area contributed by atoms with Crippen molar-refractivity contribution in [2.24, 2.45) is 0 Å². The first-order chi connectivity index (χ1) is 10.0. The van der Waals surface area contributed by atoms with Gasteiger partial charge in [-0.1, -0.05) is 12.1 Å². The predicted octanol–water partition coefficient (Wildman–Crippen LogP) is 2.63. The number of aromatic nitrogens is 2. The quantitative estimate of drug-likeness (QED) is 0.776. The normalized spacial score (nSPS) is 10.9. The third-order valence-electron chi connectivity index (χ3n) is 3.17. The second kappa shape index (κ2) is 4.90. The van der Waals surface area contributed by atoms with Crippen molar-refractivity contribution in [1.29, 1.82) is 0 Å². The van der Waals surface area contributed by atoms with Crippen LogP contribution in [0.25, 0.3) is 11.0 Å². The van der Waals surface area contributed by atoms with Crippen LogP contribution in [0.15, 0.2) is 42.6 Å². The van der Waals surface area contributed by atoms with E-state index in [2.05, 4.69) is 4.98 Å². The molecule has 0 radical (unpaired) electrons. The Morgan fingerprint density at radius 1 is 1.29 bits per heavy atom. The molecule has 2 aromatic heterocycles. The van der Waals surface area contributed by atoms with Gasteiger partial charge in [0, 0.05) is 11.9 Å². The zero-order chi connectivity index (χ0) is 15.0. The van der Waals surface area contributed by atoms with Gasteiger partial charge in [-0.25, -0.2) is 14.2 Å². The molecule has 1 aromatic carbocycles. The van der Waals surface area contributed by atoms with Gasteiger partial charge in [-0.2, -0.15) is 0 Å².